The Morgan fingerprint density at radius 2 is 0.698 bits per heavy atom. The number of hydrogen-bond donors (Lipinski definition) is 16. The van der Waals surface area contributed by atoms with Crippen molar-refractivity contribution in [3.05, 3.63) is 178 Å². The van der Waals surface area contributed by atoms with Crippen LogP contribution in [-0.2, 0) is 48.7 Å². The first kappa shape index (κ1) is 88.5. The molecule has 37 heteroatoms. The molecule has 0 aliphatic carbocycles. The zero-order valence-corrected chi connectivity index (χ0v) is 69.1. The number of aromatic nitrogens is 15. The minimum Gasteiger partial charge on any atom is -0.391 e. The summed E-state index contributed by atoms with van der Waals surface area (Å²) in [6.45, 7) is 20.7. The summed E-state index contributed by atoms with van der Waals surface area (Å²) in [5.41, 5.74) is 17.2. The summed E-state index contributed by atoms with van der Waals surface area (Å²) in [7, 11) is 0. The first-order chi connectivity index (χ1) is 56.2. The van der Waals surface area contributed by atoms with Gasteiger partial charge >= 0.3 is 6.15 Å². The molecule has 0 saturated carbocycles. The van der Waals surface area contributed by atoms with E-state index in [-0.39, 0.29) is 70.4 Å². The van der Waals surface area contributed by atoms with Crippen molar-refractivity contribution in [2.45, 2.75) is 122 Å². The third-order valence-electron chi connectivity index (χ3n) is 21.4. The highest BCUT2D eigenvalue weighted by Gasteiger charge is 2.37. The predicted molar refractivity (Wildman–Crippen MR) is 456 cm³/mol. The molecule has 0 radical (unpaired) electrons. The van der Waals surface area contributed by atoms with Crippen LogP contribution in [0.1, 0.15) is 80.3 Å². The van der Waals surface area contributed by atoms with E-state index in [1.807, 2.05) is 96.2 Å². The second-order valence-electron chi connectivity index (χ2n) is 30.4. The highest BCUT2D eigenvalue weighted by Crippen LogP contribution is 2.31. The molecule has 116 heavy (non-hydrogen) atoms. The lowest BCUT2D eigenvalue weighted by Crippen LogP contribution is -2.21. The normalized spacial score (nSPS) is 21.9. The maximum Gasteiger partial charge on any atom is 0.373 e. The van der Waals surface area contributed by atoms with E-state index < -0.39 is 0 Å². The number of hydrogen-bond acceptors (Lipinski definition) is 27. The number of likely N-dealkylation sites (tertiary alicyclic amines) is 5. The van der Waals surface area contributed by atoms with Crippen LogP contribution in [0.15, 0.2) is 117 Å². The van der Waals surface area contributed by atoms with Crippen molar-refractivity contribution in [2.75, 3.05) is 112 Å². The standard InChI is InChI=1S/C18H20N4O2.C16H24N4O2S.C15H23N5O2S.C15H22N4O2S.C14H20N4O2S.CO2/c23-15-10-22(8-13(15)6-12-4-2-1-3-5-12)9-14-7-19-17-16(14)20-11-21-18(17)24;1-2-3-4-23-9-12-7-20(8-13(12)21)6-11-5-17-15-14(11)18-10-19-16(15)22;16-2-1-3-23-8-11-6-20(7-12(11)21)5-10-4-17-14-13(10)18-9-19-15(14)22;1-9(2)22-7-11-5-19(6-12(11)20)4-10-3-16-14-13(10)17-8-18-15(14)21;1-2-21-7-10-5-18(6-11(10)19)4-9-3-15-13-12(9)16-8-17-14(13)20;2-1-3/h1-5,7,11,13,15,19,23H,6,8-10H2,(H,20,21,24);5,10,12-13,17,21H,2-4,6-9H2,1H3,(H,18,19,22);4,9,11-12,17,21H,1-3,5-8,16H2,(H,18,19,22);3,8-9,11-12,16,20H,4-7H2,1-2H3,(H,17,18,21);3,8,10-11,15,19H,2,4-7H2,1H3,(H,16,17,20);/t13-,15-;12-,13+;2*11-,12+;10-,11+;/m01111./s1. The Kier molecular flexibility index (Phi) is 33.5. The molecule has 17 N–H and O–H groups in total. The van der Waals surface area contributed by atoms with Crippen molar-refractivity contribution >= 4 is 108 Å². The van der Waals surface area contributed by atoms with E-state index in [0.29, 0.717) is 133 Å². The van der Waals surface area contributed by atoms with Crippen molar-refractivity contribution in [1.29, 1.82) is 0 Å². The van der Waals surface area contributed by atoms with E-state index in [1.54, 1.807) is 0 Å². The summed E-state index contributed by atoms with van der Waals surface area (Å²) in [5.74, 6) is 8.77. The van der Waals surface area contributed by atoms with Gasteiger partial charge < -0.3 is 81.1 Å². The quantitative estimate of drug-likeness (QED) is 0.0302. The minimum absolute atomic E-state index is 0.145. The molecule has 10 aromatic heterocycles. The number of H-pyrrole nitrogens is 10. The molecule has 1 aromatic carbocycles. The molecule has 15 heterocycles. The van der Waals surface area contributed by atoms with E-state index in [4.69, 9.17) is 15.3 Å². The third-order valence-corrected chi connectivity index (χ3v) is 26.3. The van der Waals surface area contributed by atoms with Crippen molar-refractivity contribution in [2.24, 2.45) is 35.3 Å². The monoisotopic (exact) mass is 1670 g/mol. The van der Waals surface area contributed by atoms with E-state index in [1.165, 1.54) is 55.8 Å². The van der Waals surface area contributed by atoms with Crippen LogP contribution < -0.4 is 33.5 Å². The highest BCUT2D eigenvalue weighted by atomic mass is 32.2. The number of carbonyl (C=O) groups excluding carboxylic acids is 2. The Labute approximate surface area is 686 Å². The molecule has 5 aliphatic heterocycles. The molecule has 5 saturated heterocycles. The summed E-state index contributed by atoms with van der Waals surface area (Å²) in [5, 5.41) is 51.9. The van der Waals surface area contributed by atoms with Crippen LogP contribution in [0, 0.1) is 29.6 Å². The molecule has 0 bridgehead atoms. The molecule has 626 valence electrons. The fraction of sp³-hybridized carbons (Fsp3) is 0.532. The van der Waals surface area contributed by atoms with Gasteiger partial charge in [0.2, 0.25) is 0 Å². The molecule has 16 rings (SSSR count). The van der Waals surface area contributed by atoms with Gasteiger partial charge in [-0.15, -0.1) is 0 Å². The summed E-state index contributed by atoms with van der Waals surface area (Å²) in [6.07, 6.45) is 19.6. The molecule has 33 nitrogen and oxygen atoms in total. The Balaban J connectivity index is 0.000000141. The van der Waals surface area contributed by atoms with Gasteiger partial charge in [-0.1, -0.05) is 64.4 Å². The lowest BCUT2D eigenvalue weighted by atomic mass is 9.97. The van der Waals surface area contributed by atoms with Gasteiger partial charge in [0, 0.05) is 192 Å². The van der Waals surface area contributed by atoms with Crippen LogP contribution in [0.4, 0.5) is 0 Å². The first-order valence-electron chi connectivity index (χ1n) is 39.5. The number of nitrogens with one attached hydrogen (secondary N) is 10. The number of aromatic amines is 10. The number of fused-ring (bicyclic) bond motifs is 5. The van der Waals surface area contributed by atoms with Gasteiger partial charge in [0.25, 0.3) is 27.8 Å². The number of nitrogens with two attached hydrogens (primary N) is 1. The largest absolute Gasteiger partial charge is 0.391 e. The number of unbranched alkanes of at least 4 members (excludes halogenated alkanes) is 1. The van der Waals surface area contributed by atoms with E-state index >= 15 is 0 Å². The Morgan fingerprint density at radius 1 is 0.414 bits per heavy atom. The lowest BCUT2D eigenvalue weighted by molar-refractivity contribution is -0.191. The molecule has 0 spiro atoms. The van der Waals surface area contributed by atoms with Crippen molar-refractivity contribution < 1.29 is 35.1 Å². The second kappa shape index (κ2) is 43.9. The molecule has 0 unspecified atom stereocenters. The number of rotatable bonds is 28. The first-order valence-corrected chi connectivity index (χ1v) is 44.0. The van der Waals surface area contributed by atoms with E-state index in [9.17, 15) is 49.5 Å². The summed E-state index contributed by atoms with van der Waals surface area (Å²) in [4.78, 5) is 135. The zero-order chi connectivity index (χ0) is 82.2. The number of benzene rings is 1. The summed E-state index contributed by atoms with van der Waals surface area (Å²) < 4.78 is 0. The molecular weight excluding hydrogens is 1560 g/mol. The Bertz CT molecular complexity index is 5090. The van der Waals surface area contributed by atoms with Crippen molar-refractivity contribution in [3.8, 4) is 0 Å². The number of thioether (sulfide) groups is 4. The topological polar surface area (TPSA) is 485 Å². The molecule has 5 aliphatic rings. The molecule has 0 amide bonds. The molecule has 10 atom stereocenters. The van der Waals surface area contributed by atoms with Crippen LogP contribution in [0.3, 0.4) is 0 Å². The van der Waals surface area contributed by atoms with Gasteiger partial charge in [0.15, 0.2) is 0 Å². The smallest absolute Gasteiger partial charge is 0.373 e. The second-order valence-corrected chi connectivity index (χ2v) is 35.6. The maximum atomic E-state index is 11.8. The van der Waals surface area contributed by atoms with Crippen LogP contribution >= 0.6 is 47.0 Å². The lowest BCUT2D eigenvalue weighted by Gasteiger charge is -2.15. The number of β-amino-alcohol motifs (C(OH)–C–C–N with tert-alkyl or cyclic N) is 5. The average molecular weight is 1670 g/mol. The Morgan fingerprint density at radius 3 is 0.991 bits per heavy atom. The fourth-order valence-electron chi connectivity index (χ4n) is 15.4. The highest BCUT2D eigenvalue weighted by molar-refractivity contribution is 8.00. The van der Waals surface area contributed by atoms with Gasteiger partial charge in [-0.05, 0) is 71.1 Å². The minimum atomic E-state index is -0.327. The van der Waals surface area contributed by atoms with Gasteiger partial charge in [-0.25, -0.2) is 24.9 Å². The zero-order valence-electron chi connectivity index (χ0n) is 65.9. The maximum absolute atomic E-state index is 11.8. The van der Waals surface area contributed by atoms with Crippen LogP contribution in [0.2, 0.25) is 0 Å². The SMILES string of the molecule is CC(C)SC[C@H]1CN(Cc2c[nH]c3c(=O)[nH]cnc23)C[C@@H]1O.CCCCSC[C@H]1CN(Cc2c[nH]c3c(=O)[nH]cnc23)C[C@@H]1O.CCSC[C@H]1CN(Cc2c[nH]c3c(=O)[nH]cnc23)C[C@@H]1O.NCCCSC[C@H]1CN(Cc2c[nH]c3c(=O)[nH]cnc23)C[C@@H]1O.O=C=O.O=c1[nH]cnc2c(CN3C[C@H](Cc4ccccc4)[C@@H](O)C3)c[nH]c12. The molecular formula is C79H109N21O12S4. The fourth-order valence-corrected chi connectivity index (χ4v) is 19.7. The van der Waals surface area contributed by atoms with E-state index in [2.05, 4.69) is 139 Å². The van der Waals surface area contributed by atoms with E-state index in [0.717, 1.165) is 131 Å². The van der Waals surface area contributed by atoms with Gasteiger partial charge in [-0.2, -0.15) is 56.6 Å². The number of aliphatic hydroxyl groups is 5. The third kappa shape index (κ3) is 24.0. The van der Waals surface area contributed by atoms with Crippen molar-refractivity contribution in [1.82, 2.24) is 99.3 Å². The number of nitrogens with zero attached hydrogens (tertiary/aromatic N) is 10. The van der Waals surface area contributed by atoms with Gasteiger partial charge in [0.05, 0.1) is 89.7 Å². The number of aliphatic hydroxyl groups excluding tert-OH is 5. The average Bonchev–Trinajstić information content (AvgIpc) is 1.68. The Hall–Kier alpha value is -8.34. The molecule has 11 aromatic rings. The van der Waals surface area contributed by atoms with Gasteiger partial charge in [0.1, 0.15) is 27.6 Å². The van der Waals surface area contributed by atoms with Crippen LogP contribution in [-0.4, -0.2) is 279 Å². The summed E-state index contributed by atoms with van der Waals surface area (Å²) >= 11 is 7.57. The predicted octanol–water partition coefficient (Wildman–Crippen LogP) is 4.39. The van der Waals surface area contributed by atoms with Crippen LogP contribution in [0.25, 0.3) is 55.2 Å². The summed E-state index contributed by atoms with van der Waals surface area (Å²) in [6, 6.07) is 10.3. The molecule has 5 fully saturated rings. The van der Waals surface area contributed by atoms with Crippen LogP contribution in [0.5, 0.6) is 0 Å². The van der Waals surface area contributed by atoms with Gasteiger partial charge in [-0.3, -0.25) is 48.5 Å². The van der Waals surface area contributed by atoms with Crippen molar-refractivity contribution in [3.63, 3.8) is 0 Å².